The van der Waals surface area contributed by atoms with E-state index in [9.17, 15) is 24.0 Å². The Labute approximate surface area is 209 Å². The number of carbonyl (C=O) groups excluding carboxylic acids is 5. The predicted octanol–water partition coefficient (Wildman–Crippen LogP) is 2.68. The molecule has 0 bridgehead atoms. The molecule has 36 heavy (non-hydrogen) atoms. The van der Waals surface area contributed by atoms with Gasteiger partial charge in [0.1, 0.15) is 12.6 Å². The van der Waals surface area contributed by atoms with Gasteiger partial charge in [-0.15, -0.1) is 0 Å². The molecule has 1 aromatic rings. The highest BCUT2D eigenvalue weighted by Crippen LogP contribution is 2.27. The van der Waals surface area contributed by atoms with E-state index in [1.165, 1.54) is 25.1 Å². The second-order valence-corrected chi connectivity index (χ2v) is 8.23. The van der Waals surface area contributed by atoms with Gasteiger partial charge >= 0.3 is 11.9 Å². The SMILES string of the molecule is CCOC(=O)CC(C)NC(=O)CN(C(=O)c1cc(NC(C)=O)ccc1N=[N+]=[N-])[C@H](C(=O)OC)C(C)C. The summed E-state index contributed by atoms with van der Waals surface area (Å²) in [6.07, 6.45) is -0.0854. The van der Waals surface area contributed by atoms with Crippen LogP contribution in [0.3, 0.4) is 0 Å². The Morgan fingerprint density at radius 3 is 2.36 bits per heavy atom. The number of hydrogen-bond acceptors (Lipinski definition) is 8. The molecular formula is C23H32N6O7. The van der Waals surface area contributed by atoms with Crippen molar-refractivity contribution in [3.63, 3.8) is 0 Å². The summed E-state index contributed by atoms with van der Waals surface area (Å²) >= 11 is 0. The van der Waals surface area contributed by atoms with Crippen molar-refractivity contribution in [3.8, 4) is 0 Å². The molecule has 0 aliphatic heterocycles. The average Bonchev–Trinajstić information content (AvgIpc) is 2.78. The minimum absolute atomic E-state index is 0.0648. The summed E-state index contributed by atoms with van der Waals surface area (Å²) in [6.45, 7) is 7.51. The smallest absolute Gasteiger partial charge is 0.328 e. The topological polar surface area (TPSA) is 180 Å². The van der Waals surface area contributed by atoms with Gasteiger partial charge < -0.3 is 25.0 Å². The van der Waals surface area contributed by atoms with E-state index in [-0.39, 0.29) is 30.0 Å². The fourth-order valence-electron chi connectivity index (χ4n) is 3.45. The van der Waals surface area contributed by atoms with Gasteiger partial charge in [0, 0.05) is 23.6 Å². The van der Waals surface area contributed by atoms with Crippen molar-refractivity contribution in [3.05, 3.63) is 34.2 Å². The van der Waals surface area contributed by atoms with Crippen LogP contribution < -0.4 is 10.6 Å². The number of methoxy groups -OCH3 is 1. The number of azide groups is 1. The highest BCUT2D eigenvalue weighted by molar-refractivity contribution is 6.04. The lowest BCUT2D eigenvalue weighted by Gasteiger charge is -2.32. The third-order valence-electron chi connectivity index (χ3n) is 4.87. The Morgan fingerprint density at radius 2 is 1.83 bits per heavy atom. The van der Waals surface area contributed by atoms with Gasteiger partial charge in [-0.3, -0.25) is 19.2 Å². The number of ether oxygens (including phenoxy) is 2. The zero-order chi connectivity index (χ0) is 27.4. The number of nitrogens with one attached hydrogen (secondary N) is 2. The van der Waals surface area contributed by atoms with Crippen molar-refractivity contribution >= 4 is 41.0 Å². The van der Waals surface area contributed by atoms with Crippen LogP contribution in [-0.4, -0.2) is 66.9 Å². The maximum Gasteiger partial charge on any atom is 0.328 e. The van der Waals surface area contributed by atoms with Gasteiger partial charge in [-0.1, -0.05) is 19.0 Å². The van der Waals surface area contributed by atoms with Crippen LogP contribution in [0.4, 0.5) is 11.4 Å². The molecule has 0 aliphatic carbocycles. The molecule has 0 aliphatic rings. The Morgan fingerprint density at radius 1 is 1.17 bits per heavy atom. The molecule has 0 spiro atoms. The van der Waals surface area contributed by atoms with Gasteiger partial charge in [-0.25, -0.2) is 4.79 Å². The van der Waals surface area contributed by atoms with E-state index in [2.05, 4.69) is 20.7 Å². The largest absolute Gasteiger partial charge is 0.467 e. The first-order chi connectivity index (χ1) is 16.9. The van der Waals surface area contributed by atoms with Gasteiger partial charge in [0.05, 0.1) is 31.4 Å². The van der Waals surface area contributed by atoms with E-state index in [1.807, 2.05) is 0 Å². The molecule has 3 amide bonds. The summed E-state index contributed by atoms with van der Waals surface area (Å²) in [5.41, 5.74) is 8.99. The normalized spacial score (nSPS) is 12.0. The molecule has 0 heterocycles. The van der Waals surface area contributed by atoms with Crippen LogP contribution in [0.2, 0.25) is 0 Å². The molecule has 0 aromatic heterocycles. The fraction of sp³-hybridized carbons (Fsp3) is 0.522. The number of esters is 2. The van der Waals surface area contributed by atoms with Crippen molar-refractivity contribution in [1.29, 1.82) is 0 Å². The Hall–Kier alpha value is -4.12. The van der Waals surface area contributed by atoms with Crippen LogP contribution >= 0.6 is 0 Å². The summed E-state index contributed by atoms with van der Waals surface area (Å²) in [5, 5.41) is 8.67. The second kappa shape index (κ2) is 14.3. The fourth-order valence-corrected chi connectivity index (χ4v) is 3.45. The molecule has 1 rings (SSSR count). The number of anilines is 1. The third-order valence-corrected chi connectivity index (χ3v) is 4.87. The van der Waals surface area contributed by atoms with E-state index in [0.717, 1.165) is 12.0 Å². The lowest BCUT2D eigenvalue weighted by molar-refractivity contribution is -0.148. The van der Waals surface area contributed by atoms with Crippen molar-refractivity contribution in [2.45, 2.75) is 53.1 Å². The molecule has 0 fully saturated rings. The molecule has 0 saturated carbocycles. The molecule has 196 valence electrons. The maximum absolute atomic E-state index is 13.7. The summed E-state index contributed by atoms with van der Waals surface area (Å²) in [5.74, 6) is -3.56. The first-order valence-electron chi connectivity index (χ1n) is 11.3. The average molecular weight is 505 g/mol. The molecule has 1 unspecified atom stereocenters. The van der Waals surface area contributed by atoms with Gasteiger partial charge in [0.25, 0.3) is 5.91 Å². The quantitative estimate of drug-likeness (QED) is 0.190. The Bertz CT molecular complexity index is 1040. The summed E-state index contributed by atoms with van der Waals surface area (Å²) in [4.78, 5) is 66.1. The maximum atomic E-state index is 13.7. The van der Waals surface area contributed by atoms with Gasteiger partial charge in [0.2, 0.25) is 11.8 Å². The molecular weight excluding hydrogens is 472 g/mol. The van der Waals surface area contributed by atoms with Crippen LogP contribution in [-0.2, 0) is 28.7 Å². The van der Waals surface area contributed by atoms with E-state index < -0.39 is 54.2 Å². The number of rotatable bonds is 12. The minimum Gasteiger partial charge on any atom is -0.467 e. The highest BCUT2D eigenvalue weighted by Gasteiger charge is 2.36. The number of amides is 3. The van der Waals surface area contributed by atoms with Crippen LogP contribution in [0, 0.1) is 5.92 Å². The van der Waals surface area contributed by atoms with E-state index >= 15 is 0 Å². The van der Waals surface area contributed by atoms with E-state index in [0.29, 0.717) is 0 Å². The van der Waals surface area contributed by atoms with E-state index in [4.69, 9.17) is 15.0 Å². The Kier molecular flexibility index (Phi) is 11.9. The standard InChI is InChI=1S/C23H32N6O7/c1-7-36-20(32)10-14(4)25-19(31)12-29(21(13(2)3)23(34)35-6)22(33)17-11-16(26-15(5)30)8-9-18(17)27-28-24/h8-9,11,13-14,21H,7,10,12H2,1-6H3,(H,25,31)(H,26,30)/t14?,21-/m0/s1. The molecule has 1 aromatic carbocycles. The first-order valence-corrected chi connectivity index (χ1v) is 11.3. The molecule has 0 saturated heterocycles. The number of benzene rings is 1. The lowest BCUT2D eigenvalue weighted by atomic mass is 10.0. The van der Waals surface area contributed by atoms with Crippen LogP contribution in [0.5, 0.6) is 0 Å². The molecule has 0 radical (unpaired) electrons. The zero-order valence-electron chi connectivity index (χ0n) is 21.2. The summed E-state index contributed by atoms with van der Waals surface area (Å²) in [7, 11) is 1.16. The van der Waals surface area contributed by atoms with Crippen molar-refractivity contribution < 1.29 is 33.4 Å². The molecule has 13 heteroatoms. The van der Waals surface area contributed by atoms with Crippen molar-refractivity contribution in [1.82, 2.24) is 10.2 Å². The first kappa shape index (κ1) is 29.9. The lowest BCUT2D eigenvalue weighted by Crippen LogP contribution is -2.53. The third kappa shape index (κ3) is 8.91. The van der Waals surface area contributed by atoms with Crippen molar-refractivity contribution in [2.75, 3.05) is 25.6 Å². The Balaban J connectivity index is 3.43. The number of hydrogen-bond donors (Lipinski definition) is 2. The van der Waals surface area contributed by atoms with Crippen molar-refractivity contribution in [2.24, 2.45) is 11.0 Å². The van der Waals surface area contributed by atoms with Crippen LogP contribution in [0.15, 0.2) is 23.3 Å². The number of nitrogens with zero attached hydrogens (tertiary/aromatic N) is 4. The monoisotopic (exact) mass is 504 g/mol. The second-order valence-electron chi connectivity index (χ2n) is 8.23. The van der Waals surface area contributed by atoms with Gasteiger partial charge in [0.15, 0.2) is 0 Å². The van der Waals surface area contributed by atoms with E-state index in [1.54, 1.807) is 27.7 Å². The minimum atomic E-state index is -1.17. The summed E-state index contributed by atoms with van der Waals surface area (Å²) < 4.78 is 9.75. The summed E-state index contributed by atoms with van der Waals surface area (Å²) in [6, 6.07) is 2.29. The molecule has 2 N–H and O–H groups in total. The number of carbonyl (C=O) groups is 5. The van der Waals surface area contributed by atoms with Crippen LogP contribution in [0.25, 0.3) is 10.4 Å². The molecule has 2 atom stereocenters. The zero-order valence-corrected chi connectivity index (χ0v) is 21.2. The van der Waals surface area contributed by atoms with Gasteiger partial charge in [-0.05, 0) is 43.5 Å². The predicted molar refractivity (Wildman–Crippen MR) is 130 cm³/mol. The molecule has 13 nitrogen and oxygen atoms in total. The highest BCUT2D eigenvalue weighted by atomic mass is 16.5. The van der Waals surface area contributed by atoms with Gasteiger partial charge in [-0.2, -0.15) is 0 Å². The van der Waals surface area contributed by atoms with Crippen LogP contribution in [0.1, 0.15) is 51.4 Å².